The molecule has 3 heterocycles. The van der Waals surface area contributed by atoms with Crippen molar-refractivity contribution in [3.8, 4) is 0 Å². The first kappa shape index (κ1) is 10.8. The topological polar surface area (TPSA) is 42.7 Å². The Morgan fingerprint density at radius 3 is 3.29 bits per heavy atom. The lowest BCUT2D eigenvalue weighted by Crippen LogP contribution is -2.47. The zero-order valence-electron chi connectivity index (χ0n) is 9.29. The van der Waals surface area contributed by atoms with Crippen LogP contribution in [0.2, 0.25) is 0 Å². The molecular formula is C11H13ClN4O. The Kier molecular flexibility index (Phi) is 2.86. The molecular weight excluding hydrogens is 240 g/mol. The molecule has 6 heteroatoms. The number of halogens is 1. The van der Waals surface area contributed by atoms with Gasteiger partial charge in [0, 0.05) is 24.7 Å². The molecule has 0 saturated carbocycles. The molecule has 1 saturated heterocycles. The molecule has 90 valence electrons. The summed E-state index contributed by atoms with van der Waals surface area (Å²) in [6.07, 6.45) is 3.66. The average molecular weight is 253 g/mol. The minimum atomic E-state index is 0.197. The van der Waals surface area contributed by atoms with E-state index in [1.807, 2.05) is 18.3 Å². The Hall–Kier alpha value is -1.33. The van der Waals surface area contributed by atoms with Gasteiger partial charge in [0.2, 0.25) is 0 Å². The summed E-state index contributed by atoms with van der Waals surface area (Å²) in [7, 11) is 0. The molecule has 0 amide bonds. The van der Waals surface area contributed by atoms with Gasteiger partial charge in [0.1, 0.15) is 5.82 Å². The van der Waals surface area contributed by atoms with Gasteiger partial charge in [-0.05, 0) is 6.07 Å². The molecule has 2 aromatic heterocycles. The smallest absolute Gasteiger partial charge is 0.157 e. The van der Waals surface area contributed by atoms with E-state index in [4.69, 9.17) is 16.3 Å². The fourth-order valence-electron chi connectivity index (χ4n) is 2.05. The van der Waals surface area contributed by atoms with E-state index in [0.717, 1.165) is 24.6 Å². The van der Waals surface area contributed by atoms with Gasteiger partial charge in [0.25, 0.3) is 0 Å². The molecule has 0 N–H and O–H groups in total. The van der Waals surface area contributed by atoms with Crippen molar-refractivity contribution >= 4 is 23.1 Å². The monoisotopic (exact) mass is 252 g/mol. The summed E-state index contributed by atoms with van der Waals surface area (Å²) in [6, 6.07) is 4.05. The zero-order valence-corrected chi connectivity index (χ0v) is 10.0. The van der Waals surface area contributed by atoms with Crippen molar-refractivity contribution in [1.29, 1.82) is 0 Å². The highest BCUT2D eigenvalue weighted by Gasteiger charge is 2.23. The molecule has 5 nitrogen and oxygen atoms in total. The van der Waals surface area contributed by atoms with Crippen molar-refractivity contribution in [2.75, 3.05) is 30.5 Å². The highest BCUT2D eigenvalue weighted by atomic mass is 35.5. The molecule has 0 aromatic carbocycles. The van der Waals surface area contributed by atoms with Crippen LogP contribution in [-0.2, 0) is 4.74 Å². The van der Waals surface area contributed by atoms with Crippen molar-refractivity contribution in [2.24, 2.45) is 0 Å². The Labute approximate surface area is 104 Å². The summed E-state index contributed by atoms with van der Waals surface area (Å²) in [5.74, 6) is 1.48. The van der Waals surface area contributed by atoms with E-state index >= 15 is 0 Å². The normalized spacial score (nSPS) is 21.0. The Bertz CT molecular complexity index is 515. The molecule has 1 fully saturated rings. The van der Waals surface area contributed by atoms with E-state index in [0.29, 0.717) is 12.5 Å². The van der Waals surface area contributed by atoms with Crippen molar-refractivity contribution in [3.05, 3.63) is 24.5 Å². The summed E-state index contributed by atoms with van der Waals surface area (Å²) in [5, 5.41) is 4.13. The van der Waals surface area contributed by atoms with Crippen LogP contribution in [0.3, 0.4) is 0 Å². The molecule has 0 bridgehead atoms. The Morgan fingerprint density at radius 2 is 2.41 bits per heavy atom. The minimum Gasteiger partial charge on any atom is -0.377 e. The first-order valence-electron chi connectivity index (χ1n) is 5.59. The second-order valence-corrected chi connectivity index (χ2v) is 4.30. The van der Waals surface area contributed by atoms with Gasteiger partial charge in [-0.2, -0.15) is 5.10 Å². The summed E-state index contributed by atoms with van der Waals surface area (Å²) < 4.78 is 7.18. The SMILES string of the molecule is ClCC1COCCN1c1ccn2nccc2n1. The molecule has 1 atom stereocenters. The van der Waals surface area contributed by atoms with Crippen LogP contribution in [0.5, 0.6) is 0 Å². The minimum absolute atomic E-state index is 0.197. The van der Waals surface area contributed by atoms with Crippen molar-refractivity contribution in [1.82, 2.24) is 14.6 Å². The number of fused-ring (bicyclic) bond motifs is 1. The van der Waals surface area contributed by atoms with E-state index in [9.17, 15) is 0 Å². The average Bonchev–Trinajstić information content (AvgIpc) is 2.85. The second-order valence-electron chi connectivity index (χ2n) is 4.00. The number of rotatable bonds is 2. The molecule has 0 spiro atoms. The predicted octanol–water partition coefficient (Wildman–Crippen LogP) is 1.17. The summed E-state index contributed by atoms with van der Waals surface area (Å²) >= 11 is 5.96. The van der Waals surface area contributed by atoms with Crippen LogP contribution in [0.15, 0.2) is 24.5 Å². The highest BCUT2D eigenvalue weighted by Crippen LogP contribution is 2.18. The number of ether oxygens (including phenoxy) is 1. The summed E-state index contributed by atoms with van der Waals surface area (Å²) in [6.45, 7) is 2.21. The van der Waals surface area contributed by atoms with Crippen LogP contribution >= 0.6 is 11.6 Å². The van der Waals surface area contributed by atoms with E-state index < -0.39 is 0 Å². The van der Waals surface area contributed by atoms with Crippen LogP contribution in [0.4, 0.5) is 5.82 Å². The van der Waals surface area contributed by atoms with E-state index in [1.165, 1.54) is 0 Å². The quantitative estimate of drug-likeness (QED) is 0.753. The third-order valence-corrected chi connectivity index (χ3v) is 3.30. The highest BCUT2D eigenvalue weighted by molar-refractivity contribution is 6.18. The number of hydrogen-bond donors (Lipinski definition) is 0. The third kappa shape index (κ3) is 1.96. The number of alkyl halides is 1. The van der Waals surface area contributed by atoms with Crippen LogP contribution in [-0.4, -0.2) is 46.3 Å². The number of morpholine rings is 1. The van der Waals surface area contributed by atoms with Gasteiger partial charge >= 0.3 is 0 Å². The van der Waals surface area contributed by atoms with Gasteiger partial charge in [0.15, 0.2) is 5.65 Å². The van der Waals surface area contributed by atoms with Crippen molar-refractivity contribution in [3.63, 3.8) is 0 Å². The fraction of sp³-hybridized carbons (Fsp3) is 0.455. The lowest BCUT2D eigenvalue weighted by Gasteiger charge is -2.35. The van der Waals surface area contributed by atoms with Gasteiger partial charge < -0.3 is 9.64 Å². The predicted molar refractivity (Wildman–Crippen MR) is 65.7 cm³/mol. The van der Waals surface area contributed by atoms with Crippen molar-refractivity contribution < 1.29 is 4.74 Å². The third-order valence-electron chi connectivity index (χ3n) is 2.94. The Balaban J connectivity index is 1.95. The van der Waals surface area contributed by atoms with Gasteiger partial charge in [-0.15, -0.1) is 11.6 Å². The molecule has 2 aromatic rings. The second kappa shape index (κ2) is 4.50. The van der Waals surface area contributed by atoms with Gasteiger partial charge in [-0.1, -0.05) is 0 Å². The number of anilines is 1. The molecule has 1 aliphatic rings. The molecule has 3 rings (SSSR count). The van der Waals surface area contributed by atoms with Gasteiger partial charge in [-0.3, -0.25) is 0 Å². The lowest BCUT2D eigenvalue weighted by atomic mass is 10.2. The molecule has 1 unspecified atom stereocenters. The zero-order chi connectivity index (χ0) is 11.7. The first-order valence-corrected chi connectivity index (χ1v) is 6.12. The summed E-state index contributed by atoms with van der Waals surface area (Å²) in [5.41, 5.74) is 0.849. The van der Waals surface area contributed by atoms with Crippen LogP contribution in [0, 0.1) is 0 Å². The van der Waals surface area contributed by atoms with E-state index in [1.54, 1.807) is 10.7 Å². The van der Waals surface area contributed by atoms with E-state index in [-0.39, 0.29) is 6.04 Å². The van der Waals surface area contributed by atoms with E-state index in [2.05, 4.69) is 15.0 Å². The fourth-order valence-corrected chi connectivity index (χ4v) is 2.30. The van der Waals surface area contributed by atoms with Crippen LogP contribution < -0.4 is 4.90 Å². The Morgan fingerprint density at radius 1 is 1.47 bits per heavy atom. The maximum Gasteiger partial charge on any atom is 0.157 e. The molecule has 0 aliphatic carbocycles. The standard InChI is InChI=1S/C11H13ClN4O/c12-7-9-8-17-6-5-15(9)10-2-4-16-11(14-10)1-3-13-16/h1-4,9H,5-8H2. The van der Waals surface area contributed by atoms with Crippen molar-refractivity contribution in [2.45, 2.75) is 6.04 Å². The summed E-state index contributed by atoms with van der Waals surface area (Å²) in [4.78, 5) is 6.77. The van der Waals surface area contributed by atoms with Crippen LogP contribution in [0.1, 0.15) is 0 Å². The largest absolute Gasteiger partial charge is 0.377 e. The lowest BCUT2D eigenvalue weighted by molar-refractivity contribution is 0.0994. The van der Waals surface area contributed by atoms with Crippen LogP contribution in [0.25, 0.3) is 5.65 Å². The maximum atomic E-state index is 5.96. The maximum absolute atomic E-state index is 5.96. The van der Waals surface area contributed by atoms with Gasteiger partial charge in [0.05, 0.1) is 25.5 Å². The molecule has 17 heavy (non-hydrogen) atoms. The number of nitrogens with zero attached hydrogens (tertiary/aromatic N) is 4. The molecule has 0 radical (unpaired) electrons. The first-order chi connectivity index (χ1) is 8.38. The number of hydrogen-bond acceptors (Lipinski definition) is 4. The van der Waals surface area contributed by atoms with Gasteiger partial charge in [-0.25, -0.2) is 9.50 Å². The molecule has 1 aliphatic heterocycles. The number of aromatic nitrogens is 3.